The van der Waals surface area contributed by atoms with E-state index < -0.39 is 5.60 Å². The molecule has 4 heteroatoms. The Morgan fingerprint density at radius 1 is 1.26 bits per heavy atom. The molecule has 0 saturated heterocycles. The number of esters is 1. The van der Waals surface area contributed by atoms with Crippen molar-refractivity contribution in [2.24, 2.45) is 5.92 Å². The summed E-state index contributed by atoms with van der Waals surface area (Å²) >= 11 is 0. The van der Waals surface area contributed by atoms with Gasteiger partial charge in [-0.25, -0.2) is 0 Å². The largest absolute Gasteiger partial charge is 0.466 e. The summed E-state index contributed by atoms with van der Waals surface area (Å²) in [4.78, 5) is 23.2. The van der Waals surface area contributed by atoms with Crippen LogP contribution in [-0.2, 0) is 25.5 Å². The summed E-state index contributed by atoms with van der Waals surface area (Å²) in [5.74, 6) is -0.405. The summed E-state index contributed by atoms with van der Waals surface area (Å²) in [6.45, 7) is 2.73. The van der Waals surface area contributed by atoms with Crippen molar-refractivity contribution in [3.05, 3.63) is 35.9 Å². The van der Waals surface area contributed by atoms with Gasteiger partial charge in [-0.05, 0) is 51.0 Å². The molecule has 1 aliphatic carbocycles. The topological polar surface area (TPSA) is 52.6 Å². The molecule has 0 spiro atoms. The van der Waals surface area contributed by atoms with Crippen LogP contribution < -0.4 is 0 Å². The van der Waals surface area contributed by atoms with Gasteiger partial charge < -0.3 is 9.47 Å². The smallest absolute Gasteiger partial charge is 0.309 e. The predicted octanol–water partition coefficient (Wildman–Crippen LogP) is 3.67. The lowest BCUT2D eigenvalue weighted by Crippen LogP contribution is -2.35. The van der Waals surface area contributed by atoms with Crippen molar-refractivity contribution in [3.63, 3.8) is 0 Å². The fourth-order valence-electron chi connectivity index (χ4n) is 3.49. The van der Waals surface area contributed by atoms with Crippen LogP contribution in [0.1, 0.15) is 51.0 Å². The Morgan fingerprint density at radius 2 is 1.96 bits per heavy atom. The minimum Gasteiger partial charge on any atom is -0.466 e. The van der Waals surface area contributed by atoms with Crippen molar-refractivity contribution in [1.29, 1.82) is 0 Å². The maximum atomic E-state index is 12.3. The number of benzene rings is 1. The highest BCUT2D eigenvalue weighted by Gasteiger charge is 2.40. The third-order valence-corrected chi connectivity index (χ3v) is 4.68. The van der Waals surface area contributed by atoms with Gasteiger partial charge in [-0.3, -0.25) is 9.59 Å². The molecule has 126 valence electrons. The number of aryl methyl sites for hydroxylation is 1. The van der Waals surface area contributed by atoms with Crippen LogP contribution in [0.5, 0.6) is 0 Å². The molecular formula is C19H26O4. The second kappa shape index (κ2) is 8.70. The predicted molar refractivity (Wildman–Crippen MR) is 87.9 cm³/mol. The fourth-order valence-corrected chi connectivity index (χ4v) is 3.49. The molecule has 0 N–H and O–H groups in total. The molecule has 0 unspecified atom stereocenters. The standard InChI is InChI=1S/C19H26O4/c1-2-22-18(21)17(11-10-16-8-4-3-5-9-16)14-19(23-15-20)12-6-7-13-19/h3-5,8-9,15,17H,2,6-7,10-14H2,1H3/t17-/m0/s1. The molecule has 2 rings (SSSR count). The minimum absolute atomic E-state index is 0.177. The quantitative estimate of drug-likeness (QED) is 0.515. The molecule has 1 aromatic carbocycles. The normalized spacial score (nSPS) is 17.4. The van der Waals surface area contributed by atoms with Gasteiger partial charge in [0.15, 0.2) is 0 Å². The molecule has 0 aromatic heterocycles. The van der Waals surface area contributed by atoms with E-state index in [1.165, 1.54) is 5.56 Å². The van der Waals surface area contributed by atoms with Gasteiger partial charge in [0.05, 0.1) is 12.5 Å². The zero-order chi connectivity index (χ0) is 16.5. The average Bonchev–Trinajstić information content (AvgIpc) is 3.01. The number of hydrogen-bond donors (Lipinski definition) is 0. The van der Waals surface area contributed by atoms with Crippen LogP contribution in [0, 0.1) is 5.92 Å². The zero-order valence-electron chi connectivity index (χ0n) is 13.8. The number of hydrogen-bond acceptors (Lipinski definition) is 4. The number of ether oxygens (including phenoxy) is 2. The van der Waals surface area contributed by atoms with E-state index in [1.54, 1.807) is 0 Å². The molecule has 0 bridgehead atoms. The van der Waals surface area contributed by atoms with Crippen molar-refractivity contribution < 1.29 is 19.1 Å². The monoisotopic (exact) mass is 318 g/mol. The van der Waals surface area contributed by atoms with Gasteiger partial charge in [-0.2, -0.15) is 0 Å². The van der Waals surface area contributed by atoms with E-state index in [0.717, 1.165) is 32.1 Å². The molecule has 4 nitrogen and oxygen atoms in total. The van der Waals surface area contributed by atoms with E-state index in [1.807, 2.05) is 25.1 Å². The molecule has 1 aromatic rings. The molecule has 1 aliphatic rings. The van der Waals surface area contributed by atoms with Crippen LogP contribution >= 0.6 is 0 Å². The summed E-state index contributed by atoms with van der Waals surface area (Å²) in [5, 5.41) is 0. The summed E-state index contributed by atoms with van der Waals surface area (Å²) in [5.41, 5.74) is 0.731. The Labute approximate surface area is 138 Å². The highest BCUT2D eigenvalue weighted by molar-refractivity contribution is 5.72. The van der Waals surface area contributed by atoms with Crippen LogP contribution in [0.4, 0.5) is 0 Å². The van der Waals surface area contributed by atoms with Crippen molar-refractivity contribution in [1.82, 2.24) is 0 Å². The summed E-state index contributed by atoms with van der Waals surface area (Å²) in [6.07, 6.45) is 5.87. The Balaban J connectivity index is 2.03. The van der Waals surface area contributed by atoms with Gasteiger partial charge in [0, 0.05) is 6.42 Å². The van der Waals surface area contributed by atoms with Crippen LogP contribution in [0.15, 0.2) is 30.3 Å². The average molecular weight is 318 g/mol. The lowest BCUT2D eigenvalue weighted by molar-refractivity contribution is -0.156. The molecule has 0 aliphatic heterocycles. The first kappa shape index (κ1) is 17.5. The minimum atomic E-state index is -0.476. The molecular weight excluding hydrogens is 292 g/mol. The van der Waals surface area contributed by atoms with Crippen LogP contribution in [0.3, 0.4) is 0 Å². The number of carbonyl (C=O) groups excluding carboxylic acids is 2. The zero-order valence-corrected chi connectivity index (χ0v) is 13.8. The van der Waals surface area contributed by atoms with Gasteiger partial charge in [0.25, 0.3) is 6.47 Å². The van der Waals surface area contributed by atoms with Gasteiger partial charge in [0.2, 0.25) is 0 Å². The van der Waals surface area contributed by atoms with E-state index in [2.05, 4.69) is 12.1 Å². The van der Waals surface area contributed by atoms with Crippen LogP contribution in [0.2, 0.25) is 0 Å². The van der Waals surface area contributed by atoms with Crippen molar-refractivity contribution in [3.8, 4) is 0 Å². The van der Waals surface area contributed by atoms with Gasteiger partial charge in [-0.1, -0.05) is 30.3 Å². The van der Waals surface area contributed by atoms with Gasteiger partial charge in [-0.15, -0.1) is 0 Å². The maximum absolute atomic E-state index is 12.3. The first-order valence-corrected chi connectivity index (χ1v) is 8.51. The molecule has 23 heavy (non-hydrogen) atoms. The lowest BCUT2D eigenvalue weighted by atomic mass is 9.85. The molecule has 0 heterocycles. The SMILES string of the molecule is CCOC(=O)[C@@H](CCc1ccccc1)CC1(OC=O)CCCC1. The van der Waals surface area contributed by atoms with Crippen LogP contribution in [0.25, 0.3) is 0 Å². The van der Waals surface area contributed by atoms with E-state index in [0.29, 0.717) is 25.9 Å². The molecule has 0 radical (unpaired) electrons. The van der Waals surface area contributed by atoms with Gasteiger partial charge in [0.1, 0.15) is 5.60 Å². The Kier molecular flexibility index (Phi) is 6.63. The summed E-state index contributed by atoms with van der Waals surface area (Å²) in [7, 11) is 0. The second-order valence-electron chi connectivity index (χ2n) is 6.28. The van der Waals surface area contributed by atoms with E-state index in [-0.39, 0.29) is 11.9 Å². The highest BCUT2D eigenvalue weighted by atomic mass is 16.5. The number of carbonyl (C=O) groups is 2. The van der Waals surface area contributed by atoms with Gasteiger partial charge >= 0.3 is 5.97 Å². The number of rotatable bonds is 9. The third-order valence-electron chi connectivity index (χ3n) is 4.68. The first-order chi connectivity index (χ1) is 11.2. The lowest BCUT2D eigenvalue weighted by Gasteiger charge is -2.30. The Bertz CT molecular complexity index is 491. The Hall–Kier alpha value is -1.84. The molecule has 1 fully saturated rings. The van der Waals surface area contributed by atoms with E-state index >= 15 is 0 Å². The van der Waals surface area contributed by atoms with Crippen molar-refractivity contribution >= 4 is 12.4 Å². The first-order valence-electron chi connectivity index (χ1n) is 8.51. The molecule has 1 saturated carbocycles. The molecule has 0 amide bonds. The third kappa shape index (κ3) is 5.08. The fraction of sp³-hybridized carbons (Fsp3) is 0.579. The van der Waals surface area contributed by atoms with Crippen molar-refractivity contribution in [2.45, 2.75) is 57.5 Å². The van der Waals surface area contributed by atoms with E-state index in [4.69, 9.17) is 9.47 Å². The van der Waals surface area contributed by atoms with E-state index in [9.17, 15) is 9.59 Å². The summed E-state index contributed by atoms with van der Waals surface area (Å²) < 4.78 is 10.7. The summed E-state index contributed by atoms with van der Waals surface area (Å²) in [6, 6.07) is 10.1. The maximum Gasteiger partial charge on any atom is 0.309 e. The van der Waals surface area contributed by atoms with Crippen molar-refractivity contribution in [2.75, 3.05) is 6.61 Å². The Morgan fingerprint density at radius 3 is 2.57 bits per heavy atom. The van der Waals surface area contributed by atoms with Crippen LogP contribution in [-0.4, -0.2) is 24.6 Å². The highest BCUT2D eigenvalue weighted by Crippen LogP contribution is 2.39. The second-order valence-corrected chi connectivity index (χ2v) is 6.28. The molecule has 1 atom stereocenters.